The van der Waals surface area contributed by atoms with Crippen LogP contribution in [0, 0.1) is 6.92 Å². The molecule has 98 valence electrons. The predicted molar refractivity (Wildman–Crippen MR) is 81.1 cm³/mol. The highest BCUT2D eigenvalue weighted by Gasteiger charge is 2.19. The molecule has 1 aliphatic carbocycles. The van der Waals surface area contributed by atoms with E-state index in [1.165, 1.54) is 47.1 Å². The zero-order valence-corrected chi connectivity index (χ0v) is 11.5. The van der Waals surface area contributed by atoms with Crippen molar-refractivity contribution in [1.82, 2.24) is 0 Å². The Hall–Kier alpha value is -1.60. The SMILES string of the molecule is Cc1ccc(CN)cc1-c1cccc(C2CCC2)c1. The first-order valence-corrected chi connectivity index (χ1v) is 7.18. The summed E-state index contributed by atoms with van der Waals surface area (Å²) in [6, 6.07) is 15.6. The lowest BCUT2D eigenvalue weighted by Gasteiger charge is -2.26. The van der Waals surface area contributed by atoms with E-state index in [1.807, 2.05) is 0 Å². The van der Waals surface area contributed by atoms with Gasteiger partial charge in [-0.2, -0.15) is 0 Å². The van der Waals surface area contributed by atoms with Crippen molar-refractivity contribution in [3.8, 4) is 11.1 Å². The summed E-state index contributed by atoms with van der Waals surface area (Å²) in [6.07, 6.45) is 4.09. The van der Waals surface area contributed by atoms with Gasteiger partial charge in [0.15, 0.2) is 0 Å². The standard InChI is InChI=1S/C18H21N/c1-13-8-9-14(12-19)10-18(13)17-7-3-6-16(11-17)15-4-2-5-15/h3,6-11,15H,2,4-5,12,19H2,1H3. The van der Waals surface area contributed by atoms with Crippen molar-refractivity contribution >= 4 is 0 Å². The average molecular weight is 251 g/mol. The van der Waals surface area contributed by atoms with Gasteiger partial charge in [-0.05, 0) is 59.6 Å². The molecule has 0 radical (unpaired) electrons. The van der Waals surface area contributed by atoms with E-state index in [-0.39, 0.29) is 0 Å². The van der Waals surface area contributed by atoms with E-state index in [4.69, 9.17) is 5.73 Å². The monoisotopic (exact) mass is 251 g/mol. The highest BCUT2D eigenvalue weighted by atomic mass is 14.5. The summed E-state index contributed by atoms with van der Waals surface area (Å²) in [5, 5.41) is 0. The van der Waals surface area contributed by atoms with Gasteiger partial charge < -0.3 is 5.73 Å². The van der Waals surface area contributed by atoms with Crippen molar-refractivity contribution < 1.29 is 0 Å². The molecule has 0 aromatic heterocycles. The molecule has 0 spiro atoms. The highest BCUT2D eigenvalue weighted by Crippen LogP contribution is 2.38. The molecule has 0 amide bonds. The Balaban J connectivity index is 2.01. The minimum absolute atomic E-state index is 0.607. The largest absolute Gasteiger partial charge is 0.326 e. The minimum atomic E-state index is 0.607. The number of benzene rings is 2. The van der Waals surface area contributed by atoms with Crippen molar-refractivity contribution in [2.75, 3.05) is 0 Å². The van der Waals surface area contributed by atoms with Gasteiger partial charge in [0, 0.05) is 6.54 Å². The first-order valence-electron chi connectivity index (χ1n) is 7.18. The third-order valence-corrected chi connectivity index (χ3v) is 4.31. The first kappa shape index (κ1) is 12.4. The van der Waals surface area contributed by atoms with Crippen molar-refractivity contribution in [2.45, 2.75) is 38.6 Å². The topological polar surface area (TPSA) is 26.0 Å². The molecule has 2 aromatic carbocycles. The summed E-state index contributed by atoms with van der Waals surface area (Å²) in [5.41, 5.74) is 12.4. The second kappa shape index (κ2) is 5.18. The molecule has 19 heavy (non-hydrogen) atoms. The van der Waals surface area contributed by atoms with Crippen LogP contribution < -0.4 is 5.73 Å². The molecule has 0 heterocycles. The van der Waals surface area contributed by atoms with Crippen LogP contribution in [0.4, 0.5) is 0 Å². The van der Waals surface area contributed by atoms with Gasteiger partial charge in [-0.25, -0.2) is 0 Å². The quantitative estimate of drug-likeness (QED) is 0.860. The van der Waals surface area contributed by atoms with Crippen molar-refractivity contribution in [1.29, 1.82) is 0 Å². The zero-order valence-electron chi connectivity index (χ0n) is 11.5. The second-order valence-electron chi connectivity index (χ2n) is 5.61. The summed E-state index contributed by atoms with van der Waals surface area (Å²) in [7, 11) is 0. The maximum Gasteiger partial charge on any atom is 0.0178 e. The molecular weight excluding hydrogens is 230 g/mol. The van der Waals surface area contributed by atoms with E-state index in [0.29, 0.717) is 6.54 Å². The lowest BCUT2D eigenvalue weighted by Crippen LogP contribution is -2.08. The Bertz CT molecular complexity index is 582. The van der Waals surface area contributed by atoms with E-state index in [1.54, 1.807) is 0 Å². The van der Waals surface area contributed by atoms with Gasteiger partial charge in [0.2, 0.25) is 0 Å². The van der Waals surface area contributed by atoms with E-state index in [2.05, 4.69) is 49.4 Å². The molecule has 1 saturated carbocycles. The fourth-order valence-corrected chi connectivity index (χ4v) is 2.81. The molecular formula is C18H21N. The van der Waals surface area contributed by atoms with E-state index < -0.39 is 0 Å². The van der Waals surface area contributed by atoms with Crippen molar-refractivity contribution in [2.24, 2.45) is 5.73 Å². The summed E-state index contributed by atoms with van der Waals surface area (Å²) in [6.45, 7) is 2.78. The van der Waals surface area contributed by atoms with Gasteiger partial charge in [-0.1, -0.05) is 42.8 Å². The number of rotatable bonds is 3. The Morgan fingerprint density at radius 3 is 2.63 bits per heavy atom. The molecule has 2 aromatic rings. The molecule has 1 nitrogen and oxygen atoms in total. The second-order valence-corrected chi connectivity index (χ2v) is 5.61. The maximum absolute atomic E-state index is 5.76. The van der Waals surface area contributed by atoms with Crippen LogP contribution >= 0.6 is 0 Å². The molecule has 1 fully saturated rings. The Labute approximate surface area is 115 Å². The molecule has 0 bridgehead atoms. The zero-order chi connectivity index (χ0) is 13.2. The van der Waals surface area contributed by atoms with E-state index in [9.17, 15) is 0 Å². The fourth-order valence-electron chi connectivity index (χ4n) is 2.81. The van der Waals surface area contributed by atoms with Gasteiger partial charge in [-0.15, -0.1) is 0 Å². The summed E-state index contributed by atoms with van der Waals surface area (Å²) >= 11 is 0. The smallest absolute Gasteiger partial charge is 0.0178 e. The van der Waals surface area contributed by atoms with Crippen LogP contribution in [0.3, 0.4) is 0 Å². The lowest BCUT2D eigenvalue weighted by molar-refractivity contribution is 0.420. The molecule has 1 heteroatoms. The van der Waals surface area contributed by atoms with Crippen LogP contribution in [-0.2, 0) is 6.54 Å². The molecule has 0 unspecified atom stereocenters. The Morgan fingerprint density at radius 1 is 1.11 bits per heavy atom. The van der Waals surface area contributed by atoms with Crippen LogP contribution in [0.5, 0.6) is 0 Å². The third-order valence-electron chi connectivity index (χ3n) is 4.31. The molecule has 1 aliphatic rings. The van der Waals surface area contributed by atoms with Crippen LogP contribution in [0.2, 0.25) is 0 Å². The molecule has 2 N–H and O–H groups in total. The summed E-state index contributed by atoms with van der Waals surface area (Å²) in [5.74, 6) is 0.790. The van der Waals surface area contributed by atoms with Crippen LogP contribution in [0.15, 0.2) is 42.5 Å². The van der Waals surface area contributed by atoms with Gasteiger partial charge in [0.1, 0.15) is 0 Å². The maximum atomic E-state index is 5.76. The number of aryl methyl sites for hydroxylation is 1. The van der Waals surface area contributed by atoms with Gasteiger partial charge in [0.05, 0.1) is 0 Å². The number of nitrogens with two attached hydrogens (primary N) is 1. The summed E-state index contributed by atoms with van der Waals surface area (Å²) < 4.78 is 0. The average Bonchev–Trinajstić information content (AvgIpc) is 2.38. The highest BCUT2D eigenvalue weighted by molar-refractivity contribution is 5.68. The molecule has 0 saturated heterocycles. The summed E-state index contributed by atoms with van der Waals surface area (Å²) in [4.78, 5) is 0. The minimum Gasteiger partial charge on any atom is -0.326 e. The Kier molecular flexibility index (Phi) is 3.39. The van der Waals surface area contributed by atoms with Crippen molar-refractivity contribution in [3.63, 3.8) is 0 Å². The number of hydrogen-bond donors (Lipinski definition) is 1. The van der Waals surface area contributed by atoms with Crippen LogP contribution in [0.25, 0.3) is 11.1 Å². The molecule has 0 aliphatic heterocycles. The van der Waals surface area contributed by atoms with Gasteiger partial charge >= 0.3 is 0 Å². The predicted octanol–water partition coefficient (Wildman–Crippen LogP) is 4.39. The first-order chi connectivity index (χ1) is 9.28. The molecule has 0 atom stereocenters. The van der Waals surface area contributed by atoms with E-state index >= 15 is 0 Å². The van der Waals surface area contributed by atoms with Crippen LogP contribution in [0.1, 0.15) is 41.9 Å². The third kappa shape index (κ3) is 2.43. The normalized spacial score (nSPS) is 15.3. The van der Waals surface area contributed by atoms with E-state index in [0.717, 1.165) is 5.92 Å². The van der Waals surface area contributed by atoms with Gasteiger partial charge in [-0.3, -0.25) is 0 Å². The van der Waals surface area contributed by atoms with Crippen LogP contribution in [-0.4, -0.2) is 0 Å². The fraction of sp³-hybridized carbons (Fsp3) is 0.333. The lowest BCUT2D eigenvalue weighted by atomic mass is 9.79. The molecule has 3 rings (SSSR count). The van der Waals surface area contributed by atoms with Crippen molar-refractivity contribution in [3.05, 3.63) is 59.2 Å². The number of hydrogen-bond acceptors (Lipinski definition) is 1. The Morgan fingerprint density at radius 2 is 1.95 bits per heavy atom. The van der Waals surface area contributed by atoms with Gasteiger partial charge in [0.25, 0.3) is 0 Å².